The van der Waals surface area contributed by atoms with Crippen LogP contribution in [0.5, 0.6) is 0 Å². The number of hydrogen-bond donors (Lipinski definition) is 1. The highest BCUT2D eigenvalue weighted by Crippen LogP contribution is 2.26. The third-order valence-corrected chi connectivity index (χ3v) is 3.02. The van der Waals surface area contributed by atoms with E-state index in [0.717, 1.165) is 0 Å². The molecule has 0 bridgehead atoms. The van der Waals surface area contributed by atoms with E-state index < -0.39 is 0 Å². The zero-order valence-electron chi connectivity index (χ0n) is 9.54. The first-order valence-electron chi connectivity index (χ1n) is 5.15. The molecule has 0 saturated carbocycles. The molecule has 0 radical (unpaired) electrons. The van der Waals surface area contributed by atoms with E-state index >= 15 is 0 Å². The van der Waals surface area contributed by atoms with Gasteiger partial charge in [-0.1, -0.05) is 23.2 Å². The van der Waals surface area contributed by atoms with Crippen molar-refractivity contribution in [1.82, 2.24) is 9.97 Å². The SMILES string of the molecule is COCc1cc(=O)[nH]c(-c2ccc(Cl)c(Cl)c2)n1. The van der Waals surface area contributed by atoms with Crippen molar-refractivity contribution >= 4 is 23.2 Å². The van der Waals surface area contributed by atoms with Crippen LogP contribution in [0.3, 0.4) is 0 Å². The minimum absolute atomic E-state index is 0.238. The quantitative estimate of drug-likeness (QED) is 0.943. The van der Waals surface area contributed by atoms with Gasteiger partial charge in [-0.15, -0.1) is 0 Å². The number of nitrogens with zero attached hydrogens (tertiary/aromatic N) is 1. The first kappa shape index (κ1) is 13.1. The molecule has 0 aliphatic heterocycles. The van der Waals surface area contributed by atoms with Crippen molar-refractivity contribution in [2.75, 3.05) is 7.11 Å². The first-order valence-corrected chi connectivity index (χ1v) is 5.90. The Bertz CT molecular complexity index is 626. The molecule has 0 unspecified atom stereocenters. The van der Waals surface area contributed by atoms with Gasteiger partial charge in [0.2, 0.25) is 0 Å². The summed E-state index contributed by atoms with van der Waals surface area (Å²) in [4.78, 5) is 18.4. The van der Waals surface area contributed by atoms with Gasteiger partial charge in [-0.05, 0) is 18.2 Å². The zero-order chi connectivity index (χ0) is 13.1. The summed E-state index contributed by atoms with van der Waals surface area (Å²) in [6, 6.07) is 6.44. The van der Waals surface area contributed by atoms with Crippen LogP contribution in [0, 0.1) is 0 Å². The fourth-order valence-corrected chi connectivity index (χ4v) is 1.81. The Kier molecular flexibility index (Phi) is 4.01. The second-order valence-corrected chi connectivity index (χ2v) is 4.46. The largest absolute Gasteiger partial charge is 0.378 e. The van der Waals surface area contributed by atoms with Crippen LogP contribution < -0.4 is 5.56 Å². The molecule has 94 valence electrons. The average molecular weight is 285 g/mol. The van der Waals surface area contributed by atoms with Crippen LogP contribution in [0.15, 0.2) is 29.1 Å². The van der Waals surface area contributed by atoms with Crippen LogP contribution >= 0.6 is 23.2 Å². The Labute approximate surface area is 114 Å². The van der Waals surface area contributed by atoms with E-state index in [-0.39, 0.29) is 12.2 Å². The molecule has 0 atom stereocenters. The van der Waals surface area contributed by atoms with Gasteiger partial charge in [-0.3, -0.25) is 4.79 Å². The summed E-state index contributed by atoms with van der Waals surface area (Å²) in [6.45, 7) is 0.276. The maximum absolute atomic E-state index is 11.5. The molecule has 1 aromatic carbocycles. The van der Waals surface area contributed by atoms with Crippen molar-refractivity contribution in [3.63, 3.8) is 0 Å². The van der Waals surface area contributed by atoms with Crippen molar-refractivity contribution in [3.05, 3.63) is 50.4 Å². The van der Waals surface area contributed by atoms with Gasteiger partial charge in [-0.2, -0.15) is 0 Å². The Morgan fingerprint density at radius 1 is 1.28 bits per heavy atom. The van der Waals surface area contributed by atoms with E-state index in [0.29, 0.717) is 27.1 Å². The molecule has 0 aliphatic rings. The first-order chi connectivity index (χ1) is 8.60. The van der Waals surface area contributed by atoms with Crippen molar-refractivity contribution in [3.8, 4) is 11.4 Å². The van der Waals surface area contributed by atoms with Gasteiger partial charge < -0.3 is 9.72 Å². The number of hydrogen-bond acceptors (Lipinski definition) is 3. The Morgan fingerprint density at radius 2 is 2.06 bits per heavy atom. The lowest BCUT2D eigenvalue weighted by Gasteiger charge is -2.05. The van der Waals surface area contributed by atoms with Crippen LogP contribution in [0.4, 0.5) is 0 Å². The van der Waals surface area contributed by atoms with E-state index in [9.17, 15) is 4.79 Å². The van der Waals surface area contributed by atoms with E-state index in [1.54, 1.807) is 25.3 Å². The molecule has 1 aromatic heterocycles. The predicted molar refractivity (Wildman–Crippen MR) is 71.0 cm³/mol. The minimum atomic E-state index is -0.238. The molecule has 0 aliphatic carbocycles. The lowest BCUT2D eigenvalue weighted by Crippen LogP contribution is -2.10. The summed E-state index contributed by atoms with van der Waals surface area (Å²) < 4.78 is 4.95. The van der Waals surface area contributed by atoms with E-state index in [1.807, 2.05) is 0 Å². The molecule has 1 N–H and O–H groups in total. The molecule has 4 nitrogen and oxygen atoms in total. The van der Waals surface area contributed by atoms with Crippen molar-refractivity contribution in [2.45, 2.75) is 6.61 Å². The lowest BCUT2D eigenvalue weighted by atomic mass is 10.2. The van der Waals surface area contributed by atoms with Gasteiger partial charge in [0.05, 0.1) is 22.3 Å². The molecule has 6 heteroatoms. The monoisotopic (exact) mass is 284 g/mol. The Morgan fingerprint density at radius 3 is 2.72 bits per heavy atom. The van der Waals surface area contributed by atoms with Gasteiger partial charge >= 0.3 is 0 Å². The normalized spacial score (nSPS) is 10.6. The average Bonchev–Trinajstić information content (AvgIpc) is 2.32. The third kappa shape index (κ3) is 2.90. The van der Waals surface area contributed by atoms with Crippen LogP contribution in [-0.2, 0) is 11.3 Å². The van der Waals surface area contributed by atoms with E-state index in [2.05, 4.69) is 9.97 Å². The molecule has 1 heterocycles. The summed E-state index contributed by atoms with van der Waals surface area (Å²) in [5.74, 6) is 0.438. The molecule has 2 aromatic rings. The second-order valence-electron chi connectivity index (χ2n) is 3.65. The fourth-order valence-electron chi connectivity index (χ4n) is 1.51. The number of methoxy groups -OCH3 is 1. The smallest absolute Gasteiger partial charge is 0.251 e. The number of benzene rings is 1. The maximum Gasteiger partial charge on any atom is 0.251 e. The second kappa shape index (κ2) is 5.52. The van der Waals surface area contributed by atoms with Crippen LogP contribution in [0.25, 0.3) is 11.4 Å². The van der Waals surface area contributed by atoms with E-state index in [4.69, 9.17) is 27.9 Å². The van der Waals surface area contributed by atoms with Gasteiger partial charge in [0, 0.05) is 18.7 Å². The molecule has 0 spiro atoms. The van der Waals surface area contributed by atoms with Crippen LogP contribution in [0.1, 0.15) is 5.69 Å². The van der Waals surface area contributed by atoms with Gasteiger partial charge in [-0.25, -0.2) is 4.98 Å². The molecule has 0 fully saturated rings. The molecule has 2 rings (SSSR count). The lowest BCUT2D eigenvalue weighted by molar-refractivity contribution is 0.181. The Hall–Kier alpha value is -1.36. The molecule has 0 amide bonds. The number of halogens is 2. The number of H-pyrrole nitrogens is 1. The number of rotatable bonds is 3. The van der Waals surface area contributed by atoms with Crippen molar-refractivity contribution < 1.29 is 4.74 Å². The van der Waals surface area contributed by atoms with Gasteiger partial charge in [0.15, 0.2) is 0 Å². The molecule has 0 saturated heterocycles. The maximum atomic E-state index is 11.5. The summed E-state index contributed by atoms with van der Waals surface area (Å²) in [7, 11) is 1.54. The third-order valence-electron chi connectivity index (χ3n) is 2.28. The topological polar surface area (TPSA) is 55.0 Å². The molecule has 18 heavy (non-hydrogen) atoms. The number of aromatic nitrogens is 2. The predicted octanol–water partition coefficient (Wildman–Crippen LogP) is 2.89. The molecular formula is C12H10Cl2N2O2. The highest BCUT2D eigenvalue weighted by molar-refractivity contribution is 6.42. The number of nitrogens with one attached hydrogen (secondary N) is 1. The minimum Gasteiger partial charge on any atom is -0.378 e. The number of ether oxygens (including phenoxy) is 1. The zero-order valence-corrected chi connectivity index (χ0v) is 11.0. The standard InChI is InChI=1S/C12H10Cl2N2O2/c1-18-6-8-5-11(17)16-12(15-8)7-2-3-9(13)10(14)4-7/h2-5H,6H2,1H3,(H,15,16,17). The van der Waals surface area contributed by atoms with Crippen molar-refractivity contribution in [1.29, 1.82) is 0 Å². The summed E-state index contributed by atoms with van der Waals surface area (Å²) >= 11 is 11.8. The summed E-state index contributed by atoms with van der Waals surface area (Å²) in [5.41, 5.74) is 1.01. The van der Waals surface area contributed by atoms with Gasteiger partial charge in [0.1, 0.15) is 5.82 Å². The van der Waals surface area contributed by atoms with Crippen molar-refractivity contribution in [2.24, 2.45) is 0 Å². The van der Waals surface area contributed by atoms with Crippen LogP contribution in [-0.4, -0.2) is 17.1 Å². The fraction of sp³-hybridized carbons (Fsp3) is 0.167. The van der Waals surface area contributed by atoms with Gasteiger partial charge in [0.25, 0.3) is 5.56 Å². The highest BCUT2D eigenvalue weighted by Gasteiger charge is 2.06. The molecular weight excluding hydrogens is 275 g/mol. The van der Waals surface area contributed by atoms with E-state index in [1.165, 1.54) is 6.07 Å². The summed E-state index contributed by atoms with van der Waals surface area (Å²) in [6.07, 6.45) is 0. The summed E-state index contributed by atoms with van der Waals surface area (Å²) in [5, 5.41) is 0.866. The number of aromatic amines is 1. The van der Waals surface area contributed by atoms with Crippen LogP contribution in [0.2, 0.25) is 10.0 Å². The highest BCUT2D eigenvalue weighted by atomic mass is 35.5. The Balaban J connectivity index is 2.49.